The average Bonchev–Trinajstić information content (AvgIpc) is 2.63. The van der Waals surface area contributed by atoms with Crippen LogP contribution in [0.1, 0.15) is 55.7 Å². The first-order valence-corrected chi connectivity index (χ1v) is 7.90. The van der Waals surface area contributed by atoms with Crippen molar-refractivity contribution in [2.75, 3.05) is 6.61 Å². The summed E-state index contributed by atoms with van der Waals surface area (Å²) in [5.41, 5.74) is 2.52. The summed E-state index contributed by atoms with van der Waals surface area (Å²) < 4.78 is 5.93. The van der Waals surface area contributed by atoms with Crippen molar-refractivity contribution in [1.82, 2.24) is 5.32 Å². The topological polar surface area (TPSA) is 41.5 Å². The molecule has 110 valence electrons. The van der Waals surface area contributed by atoms with E-state index in [1.54, 1.807) is 0 Å². The largest absolute Gasteiger partial charge is 0.493 e. The van der Waals surface area contributed by atoms with Gasteiger partial charge in [0.15, 0.2) is 0 Å². The van der Waals surface area contributed by atoms with E-state index in [0.29, 0.717) is 12.1 Å². The molecule has 3 unspecified atom stereocenters. The standard InChI is InChI=1S/C17H25NO2/c1-12-5-2-8-15-16(9-4-10-20-17(12)15)18-13-6-3-7-14(19)11-13/h2,5,8,13-14,16,18-19H,3-4,6-7,9-11H2,1H3. The minimum absolute atomic E-state index is 0.125. The fraction of sp³-hybridized carbons (Fsp3) is 0.647. The van der Waals surface area contributed by atoms with E-state index in [4.69, 9.17) is 4.74 Å². The van der Waals surface area contributed by atoms with Crippen LogP contribution in [0, 0.1) is 6.92 Å². The zero-order valence-electron chi connectivity index (χ0n) is 12.3. The van der Waals surface area contributed by atoms with Crippen LogP contribution in [0.5, 0.6) is 5.75 Å². The Kier molecular flexibility index (Phi) is 4.27. The second-order valence-corrected chi connectivity index (χ2v) is 6.22. The van der Waals surface area contributed by atoms with Gasteiger partial charge in [-0.05, 0) is 51.0 Å². The van der Waals surface area contributed by atoms with Crippen LogP contribution in [0.15, 0.2) is 18.2 Å². The highest BCUT2D eigenvalue weighted by Gasteiger charge is 2.26. The molecular formula is C17H25NO2. The van der Waals surface area contributed by atoms with Crippen molar-refractivity contribution in [1.29, 1.82) is 0 Å². The summed E-state index contributed by atoms with van der Waals surface area (Å²) in [6.07, 6.45) is 6.23. The van der Waals surface area contributed by atoms with Gasteiger partial charge in [-0.15, -0.1) is 0 Å². The molecule has 2 aliphatic rings. The third-order valence-corrected chi connectivity index (χ3v) is 4.58. The summed E-state index contributed by atoms with van der Waals surface area (Å²) in [7, 11) is 0. The molecule has 1 aliphatic carbocycles. The minimum atomic E-state index is -0.125. The van der Waals surface area contributed by atoms with E-state index in [2.05, 4.69) is 30.4 Å². The Morgan fingerprint density at radius 2 is 2.10 bits per heavy atom. The third-order valence-electron chi connectivity index (χ3n) is 4.58. The first-order valence-electron chi connectivity index (χ1n) is 7.90. The molecule has 0 amide bonds. The zero-order chi connectivity index (χ0) is 13.9. The fourth-order valence-corrected chi connectivity index (χ4v) is 3.54. The number of rotatable bonds is 2. The van der Waals surface area contributed by atoms with Crippen LogP contribution in [0.2, 0.25) is 0 Å². The maximum Gasteiger partial charge on any atom is 0.126 e. The van der Waals surface area contributed by atoms with Crippen LogP contribution < -0.4 is 10.1 Å². The molecule has 20 heavy (non-hydrogen) atoms. The number of hydrogen-bond acceptors (Lipinski definition) is 3. The summed E-state index contributed by atoms with van der Waals surface area (Å²) >= 11 is 0. The molecule has 1 fully saturated rings. The molecule has 0 aromatic heterocycles. The Balaban J connectivity index is 1.78. The molecule has 0 bridgehead atoms. The maximum atomic E-state index is 9.84. The molecule has 1 heterocycles. The monoisotopic (exact) mass is 275 g/mol. The molecule has 0 spiro atoms. The van der Waals surface area contributed by atoms with Gasteiger partial charge in [-0.25, -0.2) is 0 Å². The Hall–Kier alpha value is -1.06. The van der Waals surface area contributed by atoms with Gasteiger partial charge in [0.2, 0.25) is 0 Å². The lowest BCUT2D eigenvalue weighted by Crippen LogP contribution is -2.38. The van der Waals surface area contributed by atoms with Crippen LogP contribution >= 0.6 is 0 Å². The number of aryl methyl sites for hydroxylation is 1. The quantitative estimate of drug-likeness (QED) is 0.871. The average molecular weight is 275 g/mol. The highest BCUT2D eigenvalue weighted by molar-refractivity contribution is 5.43. The minimum Gasteiger partial charge on any atom is -0.493 e. The van der Waals surface area contributed by atoms with Gasteiger partial charge in [0.05, 0.1) is 12.7 Å². The van der Waals surface area contributed by atoms with E-state index >= 15 is 0 Å². The van der Waals surface area contributed by atoms with Crippen molar-refractivity contribution in [3.63, 3.8) is 0 Å². The SMILES string of the molecule is Cc1cccc2c1OCCCC2NC1CCCC(O)C1. The lowest BCUT2D eigenvalue weighted by Gasteiger charge is -2.31. The Labute approximate surface area is 121 Å². The molecule has 1 aliphatic heterocycles. The van der Waals surface area contributed by atoms with Crippen molar-refractivity contribution < 1.29 is 9.84 Å². The van der Waals surface area contributed by atoms with Crippen molar-refractivity contribution >= 4 is 0 Å². The van der Waals surface area contributed by atoms with Crippen LogP contribution in [0.25, 0.3) is 0 Å². The number of fused-ring (bicyclic) bond motifs is 1. The maximum absolute atomic E-state index is 9.84. The van der Waals surface area contributed by atoms with Gasteiger partial charge >= 0.3 is 0 Å². The molecule has 3 rings (SSSR count). The van der Waals surface area contributed by atoms with E-state index in [-0.39, 0.29) is 6.10 Å². The molecule has 0 radical (unpaired) electrons. The molecule has 1 saturated carbocycles. The number of ether oxygens (including phenoxy) is 1. The van der Waals surface area contributed by atoms with E-state index < -0.39 is 0 Å². The van der Waals surface area contributed by atoms with Crippen LogP contribution in [0.3, 0.4) is 0 Å². The van der Waals surface area contributed by atoms with E-state index in [1.165, 1.54) is 17.5 Å². The van der Waals surface area contributed by atoms with Gasteiger partial charge in [0.25, 0.3) is 0 Å². The number of aliphatic hydroxyl groups is 1. The second-order valence-electron chi connectivity index (χ2n) is 6.22. The zero-order valence-corrected chi connectivity index (χ0v) is 12.3. The van der Waals surface area contributed by atoms with Gasteiger partial charge < -0.3 is 15.2 Å². The predicted octanol–water partition coefficient (Wildman–Crippen LogP) is 3.10. The summed E-state index contributed by atoms with van der Waals surface area (Å²) in [5, 5.41) is 13.6. The summed E-state index contributed by atoms with van der Waals surface area (Å²) in [5.74, 6) is 1.07. The highest BCUT2D eigenvalue weighted by Crippen LogP contribution is 2.35. The third kappa shape index (κ3) is 2.99. The summed E-state index contributed by atoms with van der Waals surface area (Å²) in [4.78, 5) is 0. The predicted molar refractivity (Wildman–Crippen MR) is 80.0 cm³/mol. The summed E-state index contributed by atoms with van der Waals surface area (Å²) in [6, 6.07) is 7.22. The number of nitrogens with one attached hydrogen (secondary N) is 1. The summed E-state index contributed by atoms with van der Waals surface area (Å²) in [6.45, 7) is 2.93. The Morgan fingerprint density at radius 3 is 2.95 bits per heavy atom. The lowest BCUT2D eigenvalue weighted by atomic mass is 9.91. The number of benzene rings is 1. The molecule has 3 nitrogen and oxygen atoms in total. The fourth-order valence-electron chi connectivity index (χ4n) is 3.54. The van der Waals surface area contributed by atoms with Crippen LogP contribution in [-0.4, -0.2) is 23.9 Å². The van der Waals surface area contributed by atoms with Gasteiger partial charge in [0.1, 0.15) is 5.75 Å². The van der Waals surface area contributed by atoms with Crippen molar-refractivity contribution in [2.24, 2.45) is 0 Å². The number of aliphatic hydroxyl groups excluding tert-OH is 1. The Bertz CT molecular complexity index is 460. The molecule has 1 aromatic carbocycles. The highest BCUT2D eigenvalue weighted by atomic mass is 16.5. The second kappa shape index (κ2) is 6.15. The van der Waals surface area contributed by atoms with E-state index in [1.807, 2.05) is 0 Å². The van der Waals surface area contributed by atoms with Gasteiger partial charge in [-0.3, -0.25) is 0 Å². The van der Waals surface area contributed by atoms with E-state index in [9.17, 15) is 5.11 Å². The van der Waals surface area contributed by atoms with E-state index in [0.717, 1.165) is 44.5 Å². The van der Waals surface area contributed by atoms with Gasteiger partial charge in [-0.2, -0.15) is 0 Å². The van der Waals surface area contributed by atoms with Crippen LogP contribution in [0.4, 0.5) is 0 Å². The first-order chi connectivity index (χ1) is 9.74. The number of hydrogen-bond donors (Lipinski definition) is 2. The molecule has 2 N–H and O–H groups in total. The molecule has 1 aromatic rings. The first kappa shape index (κ1) is 13.9. The lowest BCUT2D eigenvalue weighted by molar-refractivity contribution is 0.108. The Morgan fingerprint density at radius 1 is 1.20 bits per heavy atom. The van der Waals surface area contributed by atoms with Crippen LogP contribution in [-0.2, 0) is 0 Å². The normalized spacial score (nSPS) is 30.2. The molecule has 0 saturated heterocycles. The van der Waals surface area contributed by atoms with Crippen molar-refractivity contribution in [3.8, 4) is 5.75 Å². The molecule has 3 atom stereocenters. The number of para-hydroxylation sites is 1. The molecular weight excluding hydrogens is 250 g/mol. The van der Waals surface area contributed by atoms with Crippen molar-refractivity contribution in [3.05, 3.63) is 29.3 Å². The van der Waals surface area contributed by atoms with Crippen molar-refractivity contribution in [2.45, 2.75) is 63.6 Å². The van der Waals surface area contributed by atoms with Gasteiger partial charge in [0, 0.05) is 17.6 Å². The smallest absolute Gasteiger partial charge is 0.126 e. The molecule has 3 heteroatoms. The van der Waals surface area contributed by atoms with Gasteiger partial charge in [-0.1, -0.05) is 18.2 Å².